The van der Waals surface area contributed by atoms with Gasteiger partial charge in [0.05, 0.1) is 24.7 Å². The number of nitrogens with zero attached hydrogens (tertiary/aromatic N) is 2. The fourth-order valence-corrected chi connectivity index (χ4v) is 2.60. The fraction of sp³-hybridized carbons (Fsp3) is 0.385. The molecule has 1 N–H and O–H groups in total. The predicted octanol–water partition coefficient (Wildman–Crippen LogP) is 1.76. The number of rotatable bonds is 6. The van der Waals surface area contributed by atoms with E-state index >= 15 is 0 Å². The van der Waals surface area contributed by atoms with Crippen LogP contribution >= 0.6 is 11.8 Å². The summed E-state index contributed by atoms with van der Waals surface area (Å²) in [4.78, 5) is 20.8. The molecule has 0 aliphatic carbocycles. The Bertz CT molecular complexity index is 523. The Morgan fingerprint density at radius 1 is 1.47 bits per heavy atom. The van der Waals surface area contributed by atoms with Gasteiger partial charge in [-0.3, -0.25) is 9.69 Å². The molecule has 1 heterocycles. The van der Waals surface area contributed by atoms with E-state index in [4.69, 9.17) is 0 Å². The molecule has 2 aromatic rings. The zero-order chi connectivity index (χ0) is 13.7. The van der Waals surface area contributed by atoms with Crippen LogP contribution in [0, 0.1) is 0 Å². The highest BCUT2D eigenvalue weighted by Crippen LogP contribution is 2.18. The molecule has 0 amide bonds. The van der Waals surface area contributed by atoms with Crippen molar-refractivity contribution in [3.05, 3.63) is 24.3 Å². The highest BCUT2D eigenvalue weighted by molar-refractivity contribution is 7.99. The van der Waals surface area contributed by atoms with Crippen LogP contribution in [0.4, 0.5) is 0 Å². The number of hydrogen-bond acceptors (Lipinski definition) is 5. The number of H-pyrrole nitrogens is 1. The zero-order valence-corrected chi connectivity index (χ0v) is 11.9. The first-order valence-electron chi connectivity index (χ1n) is 6.02. The van der Waals surface area contributed by atoms with Gasteiger partial charge in [0.25, 0.3) is 0 Å². The number of esters is 1. The SMILES string of the molecule is COC(=O)CN(C)CCSc1nc2ccccc2[nH]1. The number of nitrogens with one attached hydrogen (secondary N) is 1. The molecule has 0 radical (unpaired) electrons. The Labute approximate surface area is 116 Å². The van der Waals surface area contributed by atoms with E-state index in [1.165, 1.54) is 7.11 Å². The summed E-state index contributed by atoms with van der Waals surface area (Å²) in [6.07, 6.45) is 0. The molecule has 0 saturated heterocycles. The quantitative estimate of drug-likeness (QED) is 0.645. The highest BCUT2D eigenvalue weighted by Gasteiger charge is 2.07. The summed E-state index contributed by atoms with van der Waals surface area (Å²) in [6, 6.07) is 7.95. The van der Waals surface area contributed by atoms with Crippen LogP contribution in [0.5, 0.6) is 0 Å². The van der Waals surface area contributed by atoms with E-state index in [2.05, 4.69) is 14.7 Å². The van der Waals surface area contributed by atoms with Crippen molar-refractivity contribution >= 4 is 28.8 Å². The second kappa shape index (κ2) is 6.58. The first-order chi connectivity index (χ1) is 9.19. The number of hydrogen-bond donors (Lipinski definition) is 1. The molecule has 0 aliphatic rings. The van der Waals surface area contributed by atoms with E-state index in [9.17, 15) is 4.79 Å². The number of carbonyl (C=O) groups is 1. The summed E-state index contributed by atoms with van der Waals surface area (Å²) in [7, 11) is 3.30. The van der Waals surface area contributed by atoms with Crippen LogP contribution in [0.2, 0.25) is 0 Å². The molecule has 2 rings (SSSR count). The van der Waals surface area contributed by atoms with E-state index < -0.39 is 0 Å². The summed E-state index contributed by atoms with van der Waals surface area (Å²) in [5, 5.41) is 0.910. The lowest BCUT2D eigenvalue weighted by molar-refractivity contribution is -0.141. The van der Waals surface area contributed by atoms with Crippen molar-refractivity contribution in [1.29, 1.82) is 0 Å². The van der Waals surface area contributed by atoms with Crippen LogP contribution in [-0.2, 0) is 9.53 Å². The molecule has 0 spiro atoms. The Kier molecular flexibility index (Phi) is 4.81. The van der Waals surface area contributed by atoms with E-state index in [-0.39, 0.29) is 5.97 Å². The first-order valence-corrected chi connectivity index (χ1v) is 7.00. The number of carbonyl (C=O) groups excluding carboxylic acids is 1. The van der Waals surface area contributed by atoms with Crippen molar-refractivity contribution in [1.82, 2.24) is 14.9 Å². The van der Waals surface area contributed by atoms with Crippen molar-refractivity contribution in [2.45, 2.75) is 5.16 Å². The molecule has 5 nitrogen and oxygen atoms in total. The van der Waals surface area contributed by atoms with Crippen molar-refractivity contribution in [2.75, 3.05) is 33.0 Å². The fourth-order valence-electron chi connectivity index (χ4n) is 1.66. The number of thioether (sulfide) groups is 1. The molecule has 0 atom stereocenters. The predicted molar refractivity (Wildman–Crippen MR) is 76.3 cm³/mol. The van der Waals surface area contributed by atoms with E-state index in [1.807, 2.05) is 36.2 Å². The maximum absolute atomic E-state index is 11.1. The lowest BCUT2D eigenvalue weighted by Crippen LogP contribution is -2.28. The maximum atomic E-state index is 11.1. The maximum Gasteiger partial charge on any atom is 0.319 e. The standard InChI is InChI=1S/C13H17N3O2S/c1-16(9-12(17)18-2)7-8-19-13-14-10-5-3-4-6-11(10)15-13/h3-6H,7-9H2,1-2H3,(H,14,15). The Balaban J connectivity index is 1.80. The molecule has 0 aliphatic heterocycles. The number of methoxy groups -OCH3 is 1. The first kappa shape index (κ1) is 13.9. The van der Waals surface area contributed by atoms with Crippen LogP contribution in [0.25, 0.3) is 11.0 Å². The Morgan fingerprint density at radius 2 is 2.26 bits per heavy atom. The second-order valence-corrected chi connectivity index (χ2v) is 5.31. The highest BCUT2D eigenvalue weighted by atomic mass is 32.2. The minimum absolute atomic E-state index is 0.212. The lowest BCUT2D eigenvalue weighted by atomic mass is 10.3. The van der Waals surface area contributed by atoms with Gasteiger partial charge in [-0.2, -0.15) is 0 Å². The molecular formula is C13H17N3O2S. The molecule has 19 heavy (non-hydrogen) atoms. The Hall–Kier alpha value is -1.53. The van der Waals surface area contributed by atoms with Gasteiger partial charge in [-0.05, 0) is 19.2 Å². The van der Waals surface area contributed by atoms with Gasteiger partial charge in [0.15, 0.2) is 5.16 Å². The number of para-hydroxylation sites is 2. The summed E-state index contributed by atoms with van der Waals surface area (Å²) in [6.45, 7) is 1.12. The average molecular weight is 279 g/mol. The van der Waals surface area contributed by atoms with E-state index in [0.717, 1.165) is 28.5 Å². The largest absolute Gasteiger partial charge is 0.468 e. The van der Waals surface area contributed by atoms with Gasteiger partial charge < -0.3 is 9.72 Å². The van der Waals surface area contributed by atoms with Crippen molar-refractivity contribution in [2.24, 2.45) is 0 Å². The molecule has 0 bridgehead atoms. The summed E-state index contributed by atoms with van der Waals surface area (Å²) >= 11 is 1.65. The molecule has 1 aromatic heterocycles. The molecule has 6 heteroatoms. The van der Waals surface area contributed by atoms with Gasteiger partial charge in [0, 0.05) is 12.3 Å². The van der Waals surface area contributed by atoms with Crippen LogP contribution in [-0.4, -0.2) is 53.8 Å². The smallest absolute Gasteiger partial charge is 0.319 e. The molecule has 1 aromatic carbocycles. The third-order valence-electron chi connectivity index (χ3n) is 2.71. The average Bonchev–Trinajstić information content (AvgIpc) is 2.81. The summed E-state index contributed by atoms with van der Waals surface area (Å²) in [5.41, 5.74) is 2.03. The number of benzene rings is 1. The number of imidazole rings is 1. The third kappa shape index (κ3) is 3.97. The van der Waals surface area contributed by atoms with Gasteiger partial charge in [-0.15, -0.1) is 0 Å². The van der Waals surface area contributed by atoms with E-state index in [0.29, 0.717) is 6.54 Å². The zero-order valence-electron chi connectivity index (χ0n) is 11.0. The van der Waals surface area contributed by atoms with Gasteiger partial charge in [0.2, 0.25) is 0 Å². The topological polar surface area (TPSA) is 58.2 Å². The summed E-state index contributed by atoms with van der Waals surface area (Å²) in [5.74, 6) is 0.657. The monoisotopic (exact) mass is 279 g/mol. The normalized spacial score (nSPS) is 11.1. The summed E-state index contributed by atoms with van der Waals surface area (Å²) < 4.78 is 4.62. The second-order valence-electron chi connectivity index (χ2n) is 4.22. The van der Waals surface area contributed by atoms with Gasteiger partial charge in [-0.1, -0.05) is 23.9 Å². The van der Waals surface area contributed by atoms with Crippen LogP contribution < -0.4 is 0 Å². The minimum atomic E-state index is -0.212. The van der Waals surface area contributed by atoms with Crippen LogP contribution in [0.15, 0.2) is 29.4 Å². The van der Waals surface area contributed by atoms with Crippen LogP contribution in [0.3, 0.4) is 0 Å². The molecule has 0 unspecified atom stereocenters. The Morgan fingerprint density at radius 3 is 3.00 bits per heavy atom. The number of aromatic nitrogens is 2. The number of fused-ring (bicyclic) bond motifs is 1. The van der Waals surface area contributed by atoms with Crippen molar-refractivity contribution in [3.8, 4) is 0 Å². The molecular weight excluding hydrogens is 262 g/mol. The number of likely N-dealkylation sites (N-methyl/N-ethyl adjacent to an activating group) is 1. The molecule has 0 saturated carbocycles. The van der Waals surface area contributed by atoms with Crippen molar-refractivity contribution in [3.63, 3.8) is 0 Å². The molecule has 102 valence electrons. The van der Waals surface area contributed by atoms with Gasteiger partial charge in [0.1, 0.15) is 0 Å². The van der Waals surface area contributed by atoms with Gasteiger partial charge in [-0.25, -0.2) is 4.98 Å². The van der Waals surface area contributed by atoms with Crippen molar-refractivity contribution < 1.29 is 9.53 Å². The van der Waals surface area contributed by atoms with Gasteiger partial charge >= 0.3 is 5.97 Å². The number of aromatic amines is 1. The van der Waals surface area contributed by atoms with Crippen LogP contribution in [0.1, 0.15) is 0 Å². The van der Waals surface area contributed by atoms with E-state index in [1.54, 1.807) is 11.8 Å². The number of ether oxygens (including phenoxy) is 1. The third-order valence-corrected chi connectivity index (χ3v) is 3.56. The minimum Gasteiger partial charge on any atom is -0.468 e. The molecule has 0 fully saturated rings. The lowest BCUT2D eigenvalue weighted by Gasteiger charge is -2.13.